The fraction of sp³-hybridized carbons (Fsp3) is 0.308. The van der Waals surface area contributed by atoms with E-state index in [1.165, 1.54) is 27.5 Å². The fourth-order valence-corrected chi connectivity index (χ4v) is 4.73. The highest BCUT2D eigenvalue weighted by Gasteiger charge is 2.43. The number of aromatic nitrogens is 4. The minimum Gasteiger partial charge on any atom is -0.493 e. The van der Waals surface area contributed by atoms with Crippen LogP contribution in [0.4, 0.5) is 11.4 Å². The Morgan fingerprint density at radius 2 is 1.78 bits per heavy atom. The van der Waals surface area contributed by atoms with E-state index in [1.54, 1.807) is 17.0 Å². The summed E-state index contributed by atoms with van der Waals surface area (Å²) in [5.74, 6) is 1.31. The summed E-state index contributed by atoms with van der Waals surface area (Å²) in [6.45, 7) is 6.39. The number of methoxy groups -OCH3 is 3. The Morgan fingerprint density at radius 1 is 1.08 bits per heavy atom. The van der Waals surface area contributed by atoms with Gasteiger partial charge in [0.1, 0.15) is 5.69 Å². The van der Waals surface area contributed by atoms with E-state index in [2.05, 4.69) is 20.5 Å². The number of carbonyl (C=O) groups is 2. The third-order valence-electron chi connectivity index (χ3n) is 6.71. The molecule has 11 nitrogen and oxygen atoms in total. The maximum Gasteiger partial charge on any atom is 0.256 e. The Balaban J connectivity index is 1.49. The van der Waals surface area contributed by atoms with E-state index in [0.717, 1.165) is 16.8 Å². The van der Waals surface area contributed by atoms with Gasteiger partial charge in [0.15, 0.2) is 17.3 Å². The van der Waals surface area contributed by atoms with Crippen molar-refractivity contribution in [3.05, 3.63) is 41.6 Å². The van der Waals surface area contributed by atoms with Crippen molar-refractivity contribution in [2.24, 2.45) is 0 Å². The lowest BCUT2D eigenvalue weighted by atomic mass is 9.86. The first-order chi connectivity index (χ1) is 17.7. The molecule has 2 amide bonds. The van der Waals surface area contributed by atoms with Gasteiger partial charge in [0, 0.05) is 12.1 Å². The van der Waals surface area contributed by atoms with E-state index in [0.29, 0.717) is 52.1 Å². The predicted molar refractivity (Wildman–Crippen MR) is 139 cm³/mol. The SMILES string of the molecule is CCN1C(=O)C(C)(C)c2cc3[nH]c(-c4[nH]ncc4NC(=O)c4cc(OC)c(OC)c(OC)c4)nc3cc21. The smallest absolute Gasteiger partial charge is 0.256 e. The number of ether oxygens (including phenoxy) is 3. The van der Waals surface area contributed by atoms with Gasteiger partial charge >= 0.3 is 0 Å². The lowest BCUT2D eigenvalue weighted by molar-refractivity contribution is -0.122. The Bertz CT molecular complexity index is 1510. The molecule has 0 radical (unpaired) electrons. The molecule has 0 saturated carbocycles. The average Bonchev–Trinajstić information content (AvgIpc) is 3.57. The van der Waals surface area contributed by atoms with Gasteiger partial charge in [-0.1, -0.05) is 0 Å². The van der Waals surface area contributed by atoms with Crippen molar-refractivity contribution in [3.63, 3.8) is 0 Å². The lowest BCUT2D eigenvalue weighted by Crippen LogP contribution is -2.35. The number of nitrogens with one attached hydrogen (secondary N) is 3. The third kappa shape index (κ3) is 3.74. The molecule has 0 aliphatic carbocycles. The van der Waals surface area contributed by atoms with Crippen LogP contribution < -0.4 is 24.4 Å². The van der Waals surface area contributed by atoms with Crippen LogP contribution in [0, 0.1) is 0 Å². The van der Waals surface area contributed by atoms with E-state index in [9.17, 15) is 9.59 Å². The molecule has 0 spiro atoms. The molecule has 2 aromatic carbocycles. The number of likely N-dealkylation sites (N-methyl/N-ethyl adjacent to an activating group) is 1. The number of hydrogen-bond acceptors (Lipinski definition) is 7. The van der Waals surface area contributed by atoms with Crippen molar-refractivity contribution < 1.29 is 23.8 Å². The molecule has 2 aromatic heterocycles. The molecule has 0 atom stereocenters. The van der Waals surface area contributed by atoms with Crippen molar-refractivity contribution in [3.8, 4) is 28.8 Å². The van der Waals surface area contributed by atoms with E-state index in [1.807, 2.05) is 32.9 Å². The van der Waals surface area contributed by atoms with Crippen LogP contribution in [-0.2, 0) is 10.2 Å². The highest BCUT2D eigenvalue weighted by Crippen LogP contribution is 2.43. The van der Waals surface area contributed by atoms with Gasteiger partial charge < -0.3 is 29.4 Å². The molecule has 0 bridgehead atoms. The zero-order valence-electron chi connectivity index (χ0n) is 21.5. The largest absolute Gasteiger partial charge is 0.493 e. The highest BCUT2D eigenvalue weighted by atomic mass is 16.5. The Labute approximate surface area is 213 Å². The first-order valence-corrected chi connectivity index (χ1v) is 11.7. The number of hydrogen-bond donors (Lipinski definition) is 3. The van der Waals surface area contributed by atoms with Crippen LogP contribution in [-0.4, -0.2) is 59.9 Å². The third-order valence-corrected chi connectivity index (χ3v) is 6.71. The van der Waals surface area contributed by atoms with E-state index in [-0.39, 0.29) is 5.91 Å². The average molecular weight is 505 g/mol. The number of fused-ring (bicyclic) bond motifs is 2. The highest BCUT2D eigenvalue weighted by molar-refractivity contribution is 6.10. The Morgan fingerprint density at radius 3 is 2.41 bits per heavy atom. The van der Waals surface area contributed by atoms with Crippen LogP contribution in [0.3, 0.4) is 0 Å². The summed E-state index contributed by atoms with van der Waals surface area (Å²) in [6, 6.07) is 7.04. The van der Waals surface area contributed by atoms with Crippen molar-refractivity contribution in [1.29, 1.82) is 0 Å². The number of benzene rings is 2. The molecule has 1 aliphatic heterocycles. The molecule has 4 aromatic rings. The summed E-state index contributed by atoms with van der Waals surface area (Å²) in [7, 11) is 4.47. The number of amides is 2. The first-order valence-electron chi connectivity index (χ1n) is 11.7. The number of carbonyl (C=O) groups excluding carboxylic acids is 2. The minimum absolute atomic E-state index is 0.0724. The van der Waals surface area contributed by atoms with Gasteiger partial charge in [0.05, 0.1) is 55.3 Å². The standard InChI is InChI=1S/C26H28N6O5/c1-7-32-18-11-16-15(10-14(18)26(2,3)25(32)34)28-23(29-16)21-17(12-27-31-21)30-24(33)13-8-19(35-4)22(37-6)20(9-13)36-5/h8-12H,7H2,1-6H3,(H,27,31)(H,28,29)(H,30,33). The van der Waals surface area contributed by atoms with Crippen LogP contribution in [0.1, 0.15) is 36.7 Å². The van der Waals surface area contributed by atoms with Crippen molar-refractivity contribution >= 4 is 34.2 Å². The van der Waals surface area contributed by atoms with Crippen LogP contribution in [0.15, 0.2) is 30.5 Å². The number of nitrogens with zero attached hydrogens (tertiary/aromatic N) is 3. The van der Waals surface area contributed by atoms with Gasteiger partial charge in [0.2, 0.25) is 11.7 Å². The minimum atomic E-state index is -0.627. The number of aromatic amines is 2. The number of rotatable bonds is 7. The first kappa shape index (κ1) is 24.2. The van der Waals surface area contributed by atoms with Gasteiger partial charge in [-0.2, -0.15) is 5.10 Å². The number of anilines is 2. The maximum absolute atomic E-state index is 13.1. The monoisotopic (exact) mass is 504 g/mol. The summed E-state index contributed by atoms with van der Waals surface area (Å²) in [5, 5.41) is 9.89. The molecular formula is C26H28N6O5. The van der Waals surface area contributed by atoms with Gasteiger partial charge in [-0.3, -0.25) is 14.7 Å². The molecule has 0 saturated heterocycles. The lowest BCUT2D eigenvalue weighted by Gasteiger charge is -2.18. The number of imidazole rings is 1. The summed E-state index contributed by atoms with van der Waals surface area (Å²) < 4.78 is 16.1. The maximum atomic E-state index is 13.1. The summed E-state index contributed by atoms with van der Waals surface area (Å²) in [4.78, 5) is 35.8. The number of H-pyrrole nitrogens is 2. The zero-order chi connectivity index (χ0) is 26.5. The second-order valence-electron chi connectivity index (χ2n) is 9.17. The van der Waals surface area contributed by atoms with E-state index < -0.39 is 11.3 Å². The second-order valence-corrected chi connectivity index (χ2v) is 9.17. The van der Waals surface area contributed by atoms with Crippen molar-refractivity contribution in [1.82, 2.24) is 20.2 Å². The Hall–Kier alpha value is -4.54. The second kappa shape index (κ2) is 8.84. The molecule has 0 unspecified atom stereocenters. The molecule has 3 heterocycles. The van der Waals surface area contributed by atoms with Crippen LogP contribution in [0.5, 0.6) is 17.2 Å². The van der Waals surface area contributed by atoms with Gasteiger partial charge in [-0.25, -0.2) is 4.98 Å². The van der Waals surface area contributed by atoms with Crippen LogP contribution in [0.25, 0.3) is 22.6 Å². The van der Waals surface area contributed by atoms with E-state index in [4.69, 9.17) is 19.2 Å². The van der Waals surface area contributed by atoms with Crippen molar-refractivity contribution in [2.75, 3.05) is 38.1 Å². The predicted octanol–water partition coefficient (Wildman–Crippen LogP) is 3.88. The fourth-order valence-electron chi connectivity index (χ4n) is 4.73. The van der Waals surface area contributed by atoms with Crippen molar-refractivity contribution in [2.45, 2.75) is 26.2 Å². The topological polar surface area (TPSA) is 134 Å². The van der Waals surface area contributed by atoms with Gasteiger partial charge in [-0.05, 0) is 50.6 Å². The van der Waals surface area contributed by atoms with Gasteiger partial charge in [0.25, 0.3) is 5.91 Å². The summed E-state index contributed by atoms with van der Waals surface area (Å²) in [5.41, 5.74) is 3.94. The summed E-state index contributed by atoms with van der Waals surface area (Å²) >= 11 is 0. The van der Waals surface area contributed by atoms with Crippen LogP contribution in [0.2, 0.25) is 0 Å². The molecule has 3 N–H and O–H groups in total. The molecule has 37 heavy (non-hydrogen) atoms. The summed E-state index contributed by atoms with van der Waals surface area (Å²) in [6.07, 6.45) is 1.51. The molecule has 1 aliphatic rings. The normalized spacial score (nSPS) is 14.1. The van der Waals surface area contributed by atoms with E-state index >= 15 is 0 Å². The molecule has 192 valence electrons. The molecular weight excluding hydrogens is 476 g/mol. The Kier molecular flexibility index (Phi) is 5.77. The van der Waals surface area contributed by atoms with Gasteiger partial charge in [-0.15, -0.1) is 0 Å². The zero-order valence-corrected chi connectivity index (χ0v) is 21.5. The molecule has 11 heteroatoms. The molecule has 0 fully saturated rings. The van der Waals surface area contributed by atoms with Crippen LogP contribution >= 0.6 is 0 Å². The molecule has 5 rings (SSSR count). The quantitative estimate of drug-likeness (QED) is 0.348.